The fourth-order valence-corrected chi connectivity index (χ4v) is 0.700. The summed E-state index contributed by atoms with van der Waals surface area (Å²) in [4.78, 5) is 0. The molecule has 0 spiro atoms. The molecule has 0 bridgehead atoms. The van der Waals surface area contributed by atoms with Crippen LogP contribution in [0.4, 0.5) is 0 Å². The van der Waals surface area contributed by atoms with Crippen molar-refractivity contribution in [3.8, 4) is 0 Å². The first-order chi connectivity index (χ1) is 4.24. The summed E-state index contributed by atoms with van der Waals surface area (Å²) in [5, 5.41) is 0. The van der Waals surface area contributed by atoms with Gasteiger partial charge in [-0.1, -0.05) is 13.8 Å². The van der Waals surface area contributed by atoms with Gasteiger partial charge in [0, 0.05) is 0 Å². The van der Waals surface area contributed by atoms with Gasteiger partial charge in [-0.2, -0.15) is 0 Å². The minimum Gasteiger partial charge on any atom is -0.270 e. The van der Waals surface area contributed by atoms with Gasteiger partial charge < -0.3 is 0 Å². The first kappa shape index (κ1) is 8.84. The van der Waals surface area contributed by atoms with Gasteiger partial charge in [-0.3, -0.25) is 11.7 Å². The first-order valence-electron chi connectivity index (χ1n) is 3.20. The quantitative estimate of drug-likeness (QED) is 0.235. The lowest BCUT2D eigenvalue weighted by Gasteiger charge is -2.29. The van der Waals surface area contributed by atoms with Crippen LogP contribution < -0.4 is 22.5 Å². The van der Waals surface area contributed by atoms with Gasteiger partial charge >= 0.3 is 0 Å². The molecule has 0 heterocycles. The van der Waals surface area contributed by atoms with Crippen molar-refractivity contribution >= 4 is 0 Å². The second-order valence-corrected chi connectivity index (χ2v) is 2.08. The van der Waals surface area contributed by atoms with E-state index in [2.05, 4.69) is 10.9 Å². The Balaban J connectivity index is 3.82. The Morgan fingerprint density at radius 2 is 1.44 bits per heavy atom. The summed E-state index contributed by atoms with van der Waals surface area (Å²) in [6, 6.07) is 0. The zero-order chi connectivity index (χ0) is 7.33. The smallest absolute Gasteiger partial charge is 0.0932 e. The van der Waals surface area contributed by atoms with Crippen molar-refractivity contribution in [2.75, 3.05) is 0 Å². The molecule has 4 heteroatoms. The fourth-order valence-electron chi connectivity index (χ4n) is 0.700. The maximum absolute atomic E-state index is 5.25. The minimum absolute atomic E-state index is 0.278. The molecule has 0 aliphatic rings. The zero-order valence-corrected chi connectivity index (χ0v) is 6.07. The van der Waals surface area contributed by atoms with Crippen molar-refractivity contribution in [2.24, 2.45) is 11.7 Å². The molecule has 0 aromatic heterocycles. The Labute approximate surface area is 55.9 Å². The van der Waals surface area contributed by atoms with Crippen LogP contribution >= 0.6 is 0 Å². The molecule has 4 nitrogen and oxygen atoms in total. The van der Waals surface area contributed by atoms with Gasteiger partial charge in [-0.25, -0.2) is 10.9 Å². The van der Waals surface area contributed by atoms with E-state index >= 15 is 0 Å². The molecule has 0 atom stereocenters. The summed E-state index contributed by atoms with van der Waals surface area (Å²) in [5.74, 6) is 10.5. The summed E-state index contributed by atoms with van der Waals surface area (Å²) in [6.07, 6.45) is 1.74. The summed E-state index contributed by atoms with van der Waals surface area (Å²) in [6.45, 7) is 4.03. The number of nitrogens with one attached hydrogen (secondary N) is 2. The number of nitrogens with two attached hydrogens (primary N) is 2. The predicted molar refractivity (Wildman–Crippen MR) is 38.0 cm³/mol. The van der Waals surface area contributed by atoms with Crippen molar-refractivity contribution in [1.82, 2.24) is 10.9 Å². The third kappa shape index (κ3) is 1.91. The zero-order valence-electron chi connectivity index (χ0n) is 6.07. The SMILES string of the molecule is CCC(CC)(NN)NN. The van der Waals surface area contributed by atoms with Crippen LogP contribution in [0.25, 0.3) is 0 Å². The van der Waals surface area contributed by atoms with Crippen molar-refractivity contribution in [2.45, 2.75) is 32.4 Å². The molecule has 0 aliphatic carbocycles. The van der Waals surface area contributed by atoms with Crippen molar-refractivity contribution in [1.29, 1.82) is 0 Å². The van der Waals surface area contributed by atoms with E-state index in [0.717, 1.165) is 12.8 Å². The molecule has 0 radical (unpaired) electrons. The van der Waals surface area contributed by atoms with Gasteiger partial charge in [-0.15, -0.1) is 0 Å². The molecule has 0 aromatic rings. The molecule has 0 saturated heterocycles. The van der Waals surface area contributed by atoms with Crippen LogP contribution in [0.15, 0.2) is 0 Å². The van der Waals surface area contributed by atoms with E-state index in [0.29, 0.717) is 0 Å². The molecular weight excluding hydrogens is 116 g/mol. The summed E-state index contributed by atoms with van der Waals surface area (Å²) in [7, 11) is 0. The molecule has 0 fully saturated rings. The third-order valence-corrected chi connectivity index (χ3v) is 1.76. The molecular formula is C5H16N4. The van der Waals surface area contributed by atoms with Crippen LogP contribution in [0.3, 0.4) is 0 Å². The van der Waals surface area contributed by atoms with Gasteiger partial charge in [0.25, 0.3) is 0 Å². The minimum atomic E-state index is -0.278. The third-order valence-electron chi connectivity index (χ3n) is 1.76. The maximum atomic E-state index is 5.25. The Hall–Kier alpha value is -0.160. The maximum Gasteiger partial charge on any atom is 0.0932 e. The van der Waals surface area contributed by atoms with Crippen LogP contribution in [0, 0.1) is 0 Å². The van der Waals surface area contributed by atoms with E-state index < -0.39 is 0 Å². The van der Waals surface area contributed by atoms with E-state index in [-0.39, 0.29) is 5.66 Å². The number of hydrogen-bond acceptors (Lipinski definition) is 4. The van der Waals surface area contributed by atoms with Crippen LogP contribution in [-0.2, 0) is 0 Å². The van der Waals surface area contributed by atoms with E-state index in [1.165, 1.54) is 0 Å². The van der Waals surface area contributed by atoms with Gasteiger partial charge in [0.1, 0.15) is 0 Å². The molecule has 0 amide bonds. The Bertz CT molecular complexity index is 51.8. The van der Waals surface area contributed by atoms with Crippen molar-refractivity contribution < 1.29 is 0 Å². The normalized spacial score (nSPS) is 12.0. The molecule has 0 aromatic carbocycles. The molecule has 0 saturated carbocycles. The molecule has 0 rings (SSSR count). The van der Waals surface area contributed by atoms with E-state index in [4.69, 9.17) is 11.7 Å². The average molecular weight is 132 g/mol. The first-order valence-corrected chi connectivity index (χ1v) is 3.20. The predicted octanol–water partition coefficient (Wildman–Crippen LogP) is -0.571. The lowest BCUT2D eigenvalue weighted by Crippen LogP contribution is -2.61. The summed E-state index contributed by atoms with van der Waals surface area (Å²) < 4.78 is 0. The highest BCUT2D eigenvalue weighted by atomic mass is 15.4. The van der Waals surface area contributed by atoms with Crippen LogP contribution in [-0.4, -0.2) is 5.66 Å². The highest BCUT2D eigenvalue weighted by Crippen LogP contribution is 2.06. The monoisotopic (exact) mass is 132 g/mol. The average Bonchev–Trinajstić information content (AvgIpc) is 1.95. The van der Waals surface area contributed by atoms with Gasteiger partial charge in [0.15, 0.2) is 0 Å². The number of hydrazine groups is 2. The standard InChI is InChI=1S/C5H16N4/c1-3-5(4-2,8-6)9-7/h8-9H,3-4,6-7H2,1-2H3. The molecule has 0 unspecified atom stereocenters. The largest absolute Gasteiger partial charge is 0.270 e. The molecule has 56 valence electrons. The highest BCUT2D eigenvalue weighted by Gasteiger charge is 2.20. The molecule has 0 aliphatic heterocycles. The Morgan fingerprint density at radius 1 is 1.11 bits per heavy atom. The fraction of sp³-hybridized carbons (Fsp3) is 1.00. The Kier molecular flexibility index (Phi) is 3.72. The van der Waals surface area contributed by atoms with Gasteiger partial charge in [-0.05, 0) is 12.8 Å². The van der Waals surface area contributed by atoms with E-state index in [1.54, 1.807) is 0 Å². The Morgan fingerprint density at radius 3 is 1.44 bits per heavy atom. The van der Waals surface area contributed by atoms with Crippen LogP contribution in [0.2, 0.25) is 0 Å². The lowest BCUT2D eigenvalue weighted by atomic mass is 10.1. The molecule has 9 heavy (non-hydrogen) atoms. The molecule has 6 N–H and O–H groups in total. The highest BCUT2D eigenvalue weighted by molar-refractivity contribution is 4.76. The van der Waals surface area contributed by atoms with Gasteiger partial charge in [0.05, 0.1) is 5.66 Å². The van der Waals surface area contributed by atoms with Gasteiger partial charge in [0.2, 0.25) is 0 Å². The van der Waals surface area contributed by atoms with E-state index in [1.807, 2.05) is 13.8 Å². The number of hydrogen-bond donors (Lipinski definition) is 4. The van der Waals surface area contributed by atoms with E-state index in [9.17, 15) is 0 Å². The van der Waals surface area contributed by atoms with Crippen molar-refractivity contribution in [3.63, 3.8) is 0 Å². The van der Waals surface area contributed by atoms with Crippen LogP contribution in [0.5, 0.6) is 0 Å². The second-order valence-electron chi connectivity index (χ2n) is 2.08. The second kappa shape index (κ2) is 3.79. The van der Waals surface area contributed by atoms with Crippen LogP contribution in [0.1, 0.15) is 26.7 Å². The topological polar surface area (TPSA) is 76.1 Å². The lowest BCUT2D eigenvalue weighted by molar-refractivity contribution is 0.242. The summed E-state index contributed by atoms with van der Waals surface area (Å²) in [5.41, 5.74) is 4.98. The summed E-state index contributed by atoms with van der Waals surface area (Å²) >= 11 is 0. The number of rotatable bonds is 4. The van der Waals surface area contributed by atoms with Crippen molar-refractivity contribution in [3.05, 3.63) is 0 Å².